The van der Waals surface area contributed by atoms with E-state index in [0.29, 0.717) is 0 Å². The van der Waals surface area contributed by atoms with Gasteiger partial charge in [-0.05, 0) is 63.6 Å². The fraction of sp³-hybridized carbons (Fsp3) is 0.850. The minimum atomic E-state index is 0.215. The molecule has 1 rings (SSSR count). The lowest BCUT2D eigenvalue weighted by Crippen LogP contribution is -2.28. The third kappa shape index (κ3) is 6.64. The number of ketones is 1. The van der Waals surface area contributed by atoms with Crippen molar-refractivity contribution in [3.63, 3.8) is 0 Å². The molecule has 2 nitrogen and oxygen atoms in total. The molecule has 0 N–H and O–H groups in total. The lowest BCUT2D eigenvalue weighted by atomic mass is 9.79. The molecule has 1 aliphatic rings. The first-order chi connectivity index (χ1) is 10.5. The van der Waals surface area contributed by atoms with Crippen LogP contribution in [0.15, 0.2) is 12.2 Å². The minimum absolute atomic E-state index is 0.215. The number of carbonyl (C=O) groups excluding carboxylic acids is 1. The molecule has 22 heavy (non-hydrogen) atoms. The molecule has 0 spiro atoms. The van der Waals surface area contributed by atoms with Crippen LogP contribution in [0.3, 0.4) is 0 Å². The first-order valence-electron chi connectivity index (χ1n) is 9.36. The summed E-state index contributed by atoms with van der Waals surface area (Å²) >= 11 is 0. The van der Waals surface area contributed by atoms with Crippen molar-refractivity contribution in [3.8, 4) is 0 Å². The molecule has 0 aliphatic heterocycles. The monoisotopic (exact) mass is 307 g/mol. The lowest BCUT2D eigenvalue weighted by molar-refractivity contribution is -0.119. The maximum absolute atomic E-state index is 12.0. The van der Waals surface area contributed by atoms with Gasteiger partial charge < -0.3 is 4.90 Å². The highest BCUT2D eigenvalue weighted by molar-refractivity contribution is 5.95. The third-order valence-corrected chi connectivity index (χ3v) is 5.53. The highest BCUT2D eigenvalue weighted by Gasteiger charge is 2.22. The standard InChI is InChI=1S/C20H37NO/c1-6-19(20(22)16(3)4)10-8-9-17-11-13-18(14-12-17)15-21(5)7-2/h17-19H,3,6-15H2,1-2,4-5H3. The molecule has 0 radical (unpaired) electrons. The van der Waals surface area contributed by atoms with Crippen molar-refractivity contribution in [2.24, 2.45) is 17.8 Å². The number of nitrogens with zero attached hydrogens (tertiary/aromatic N) is 1. The van der Waals surface area contributed by atoms with Crippen LogP contribution in [0.1, 0.15) is 72.1 Å². The molecule has 0 aromatic rings. The van der Waals surface area contributed by atoms with E-state index in [0.717, 1.165) is 36.8 Å². The number of hydrogen-bond acceptors (Lipinski definition) is 2. The van der Waals surface area contributed by atoms with Crippen LogP contribution in [-0.4, -0.2) is 30.8 Å². The average Bonchev–Trinajstić information content (AvgIpc) is 2.52. The second kappa shape index (κ2) is 10.2. The first-order valence-corrected chi connectivity index (χ1v) is 9.36. The molecule has 0 bridgehead atoms. The van der Waals surface area contributed by atoms with Gasteiger partial charge in [0.25, 0.3) is 0 Å². The molecule has 128 valence electrons. The van der Waals surface area contributed by atoms with Crippen molar-refractivity contribution < 1.29 is 4.79 Å². The molecule has 0 heterocycles. The maximum atomic E-state index is 12.0. The van der Waals surface area contributed by atoms with Gasteiger partial charge >= 0.3 is 0 Å². The number of allylic oxidation sites excluding steroid dienone is 1. The molecular formula is C20H37NO. The molecule has 1 fully saturated rings. The number of carbonyl (C=O) groups is 1. The van der Waals surface area contributed by atoms with E-state index in [2.05, 4.69) is 32.4 Å². The quantitative estimate of drug-likeness (QED) is 0.524. The summed E-state index contributed by atoms with van der Waals surface area (Å²) in [6.45, 7) is 12.5. The van der Waals surface area contributed by atoms with Crippen LogP contribution in [0, 0.1) is 17.8 Å². The van der Waals surface area contributed by atoms with Crippen LogP contribution in [0.5, 0.6) is 0 Å². The number of hydrogen-bond donors (Lipinski definition) is 0. The van der Waals surface area contributed by atoms with Crippen molar-refractivity contribution in [2.75, 3.05) is 20.1 Å². The number of rotatable bonds is 10. The van der Waals surface area contributed by atoms with Gasteiger partial charge in [0.15, 0.2) is 5.78 Å². The molecular weight excluding hydrogens is 270 g/mol. The van der Waals surface area contributed by atoms with Gasteiger partial charge in [0, 0.05) is 12.5 Å². The van der Waals surface area contributed by atoms with E-state index in [4.69, 9.17) is 0 Å². The lowest BCUT2D eigenvalue weighted by Gasteiger charge is -2.31. The normalized spacial score (nSPS) is 23.5. The molecule has 1 saturated carbocycles. The second-order valence-electron chi connectivity index (χ2n) is 7.42. The van der Waals surface area contributed by atoms with Crippen molar-refractivity contribution in [1.29, 1.82) is 0 Å². The van der Waals surface area contributed by atoms with E-state index in [-0.39, 0.29) is 11.7 Å². The summed E-state index contributed by atoms with van der Waals surface area (Å²) in [5, 5.41) is 0. The van der Waals surface area contributed by atoms with Crippen molar-refractivity contribution in [1.82, 2.24) is 4.90 Å². The Kier molecular flexibility index (Phi) is 9.00. The van der Waals surface area contributed by atoms with Crippen LogP contribution in [0.25, 0.3) is 0 Å². The molecule has 1 unspecified atom stereocenters. The van der Waals surface area contributed by atoms with Gasteiger partial charge in [-0.1, -0.05) is 46.1 Å². The Morgan fingerprint density at radius 2 is 1.77 bits per heavy atom. The van der Waals surface area contributed by atoms with Crippen LogP contribution >= 0.6 is 0 Å². The molecule has 2 heteroatoms. The van der Waals surface area contributed by atoms with E-state index in [9.17, 15) is 4.79 Å². The predicted octanol–water partition coefficient (Wildman–Crippen LogP) is 5.09. The van der Waals surface area contributed by atoms with E-state index in [1.807, 2.05) is 6.92 Å². The second-order valence-corrected chi connectivity index (χ2v) is 7.42. The maximum Gasteiger partial charge on any atom is 0.161 e. The Hall–Kier alpha value is -0.630. The molecule has 1 aliphatic carbocycles. The van der Waals surface area contributed by atoms with Crippen molar-refractivity contribution in [3.05, 3.63) is 12.2 Å². The fourth-order valence-electron chi connectivity index (χ4n) is 3.79. The Labute approximate surface area is 138 Å². The van der Waals surface area contributed by atoms with Gasteiger partial charge in [-0.15, -0.1) is 0 Å². The topological polar surface area (TPSA) is 20.3 Å². The van der Waals surface area contributed by atoms with Crippen LogP contribution in [-0.2, 0) is 4.79 Å². The molecule has 0 amide bonds. The van der Waals surface area contributed by atoms with Gasteiger partial charge in [-0.25, -0.2) is 0 Å². The minimum Gasteiger partial charge on any atom is -0.306 e. The van der Waals surface area contributed by atoms with E-state index >= 15 is 0 Å². The average molecular weight is 308 g/mol. The Bertz CT molecular complexity index is 342. The Morgan fingerprint density at radius 3 is 2.27 bits per heavy atom. The van der Waals surface area contributed by atoms with E-state index in [1.165, 1.54) is 45.1 Å². The van der Waals surface area contributed by atoms with Crippen LogP contribution < -0.4 is 0 Å². The Balaban J connectivity index is 2.22. The highest BCUT2D eigenvalue weighted by atomic mass is 16.1. The summed E-state index contributed by atoms with van der Waals surface area (Å²) in [5.74, 6) is 2.32. The zero-order chi connectivity index (χ0) is 16.5. The number of Topliss-reactive ketones (excluding diaryl/α,β-unsaturated/α-hetero) is 1. The van der Waals surface area contributed by atoms with Gasteiger partial charge in [0.1, 0.15) is 0 Å². The smallest absolute Gasteiger partial charge is 0.161 e. The molecule has 0 saturated heterocycles. The first kappa shape index (κ1) is 19.4. The fourth-order valence-corrected chi connectivity index (χ4v) is 3.79. The van der Waals surface area contributed by atoms with E-state index < -0.39 is 0 Å². The molecule has 0 aromatic heterocycles. The zero-order valence-corrected chi connectivity index (χ0v) is 15.4. The van der Waals surface area contributed by atoms with Crippen molar-refractivity contribution >= 4 is 5.78 Å². The van der Waals surface area contributed by atoms with Gasteiger partial charge in [0.05, 0.1) is 0 Å². The molecule has 1 atom stereocenters. The molecule has 0 aromatic carbocycles. The summed E-state index contributed by atoms with van der Waals surface area (Å²) in [6.07, 6.45) is 10.1. The summed E-state index contributed by atoms with van der Waals surface area (Å²) in [4.78, 5) is 14.5. The Morgan fingerprint density at radius 1 is 1.18 bits per heavy atom. The zero-order valence-electron chi connectivity index (χ0n) is 15.4. The van der Waals surface area contributed by atoms with E-state index in [1.54, 1.807) is 0 Å². The summed E-state index contributed by atoms with van der Waals surface area (Å²) in [6, 6.07) is 0. The summed E-state index contributed by atoms with van der Waals surface area (Å²) < 4.78 is 0. The van der Waals surface area contributed by atoms with Gasteiger partial charge in [-0.3, -0.25) is 4.79 Å². The SMILES string of the molecule is C=C(C)C(=O)C(CC)CCCC1CCC(CN(C)CC)CC1. The third-order valence-electron chi connectivity index (χ3n) is 5.53. The van der Waals surface area contributed by atoms with Crippen LogP contribution in [0.4, 0.5) is 0 Å². The van der Waals surface area contributed by atoms with Gasteiger partial charge in [-0.2, -0.15) is 0 Å². The van der Waals surface area contributed by atoms with Crippen molar-refractivity contribution in [2.45, 2.75) is 72.1 Å². The largest absolute Gasteiger partial charge is 0.306 e. The van der Waals surface area contributed by atoms with Crippen LogP contribution in [0.2, 0.25) is 0 Å². The summed E-state index contributed by atoms with van der Waals surface area (Å²) in [7, 11) is 2.23. The summed E-state index contributed by atoms with van der Waals surface area (Å²) in [5.41, 5.74) is 0.729. The van der Waals surface area contributed by atoms with Gasteiger partial charge in [0.2, 0.25) is 0 Å². The predicted molar refractivity (Wildman–Crippen MR) is 96.1 cm³/mol. The highest BCUT2D eigenvalue weighted by Crippen LogP contribution is 2.33.